The van der Waals surface area contributed by atoms with Crippen molar-refractivity contribution in [3.63, 3.8) is 0 Å². The Balaban J connectivity index is 1.35. The van der Waals surface area contributed by atoms with Gasteiger partial charge in [-0.3, -0.25) is 9.78 Å². The number of hydrogen-bond donors (Lipinski definition) is 0. The molecule has 0 spiro atoms. The first-order valence-corrected chi connectivity index (χ1v) is 14.8. The maximum atomic E-state index is 13.2. The molecule has 2 fully saturated rings. The van der Waals surface area contributed by atoms with Crippen molar-refractivity contribution in [2.75, 3.05) is 13.1 Å². The molecule has 0 saturated carbocycles. The van der Waals surface area contributed by atoms with Gasteiger partial charge in [0.2, 0.25) is 5.91 Å². The van der Waals surface area contributed by atoms with E-state index < -0.39 is 0 Å². The van der Waals surface area contributed by atoms with Crippen molar-refractivity contribution in [2.45, 2.75) is 76.9 Å². The van der Waals surface area contributed by atoms with E-state index >= 15 is 0 Å². The van der Waals surface area contributed by atoms with E-state index in [4.69, 9.17) is 21.3 Å². The zero-order valence-electron chi connectivity index (χ0n) is 20.4. The summed E-state index contributed by atoms with van der Waals surface area (Å²) in [7, 11) is 0. The Morgan fingerprint density at radius 2 is 1.77 bits per heavy atom. The number of nitrogens with zero attached hydrogens (tertiary/aromatic N) is 2. The first kappa shape index (κ1) is 25.7. The van der Waals surface area contributed by atoms with Crippen molar-refractivity contribution < 1.29 is 9.53 Å². The number of carbonyl (C=O) groups excluding carboxylic acids is 1. The second-order valence-electron chi connectivity index (χ2n) is 10.7. The van der Waals surface area contributed by atoms with Crippen LogP contribution in [-0.2, 0) is 22.4 Å². The van der Waals surface area contributed by atoms with Gasteiger partial charge in [0.15, 0.2) is 0 Å². The number of benzene rings is 1. The molecule has 0 N–H and O–H groups in total. The lowest BCUT2D eigenvalue weighted by Gasteiger charge is -2.38. The monoisotopic (exact) mass is 622 g/mol. The van der Waals surface area contributed by atoms with Crippen molar-refractivity contribution in [3.05, 3.63) is 60.7 Å². The van der Waals surface area contributed by atoms with Crippen LogP contribution in [0.25, 0.3) is 0 Å². The van der Waals surface area contributed by atoms with Crippen LogP contribution >= 0.6 is 43.5 Å². The molecule has 1 unspecified atom stereocenters. The van der Waals surface area contributed by atoms with Gasteiger partial charge in [-0.25, -0.2) is 0 Å². The lowest BCUT2D eigenvalue weighted by molar-refractivity contribution is -0.135. The van der Waals surface area contributed by atoms with E-state index in [-0.39, 0.29) is 18.1 Å². The number of hydrogen-bond acceptors (Lipinski definition) is 3. The standard InChI is InChI=1S/C28H33Br2ClN2O2/c1-16-9-18(10-17(2)35-16)11-25(34)33-7-5-19(6-8-33)27-26-20(13-23(31)14-24(26)30)3-4-21-12-22(29)15-32-28(21)27/h12-19,27H,3-11H2,1-2H3/t16-,17+,18?,27-/m1/s1. The van der Waals surface area contributed by atoms with Gasteiger partial charge in [0.1, 0.15) is 0 Å². The number of ether oxygens (including phenoxy) is 1. The summed E-state index contributed by atoms with van der Waals surface area (Å²) in [6.07, 6.45) is 8.93. The average molecular weight is 625 g/mol. The zero-order valence-corrected chi connectivity index (χ0v) is 24.3. The van der Waals surface area contributed by atoms with E-state index in [1.165, 1.54) is 22.4 Å². The third-order valence-electron chi connectivity index (χ3n) is 8.04. The molecule has 1 aromatic carbocycles. The number of piperidine rings is 1. The van der Waals surface area contributed by atoms with Gasteiger partial charge in [-0.05, 0) is 115 Å². The van der Waals surface area contributed by atoms with E-state index in [0.29, 0.717) is 24.2 Å². The van der Waals surface area contributed by atoms with Gasteiger partial charge in [-0.2, -0.15) is 0 Å². The largest absolute Gasteiger partial charge is 0.376 e. The number of pyridine rings is 1. The van der Waals surface area contributed by atoms with Gasteiger partial charge in [-0.15, -0.1) is 0 Å². The van der Waals surface area contributed by atoms with E-state index in [2.05, 4.69) is 62.7 Å². The molecule has 0 radical (unpaired) electrons. The topological polar surface area (TPSA) is 42.4 Å². The number of amides is 1. The van der Waals surface area contributed by atoms with E-state index in [0.717, 1.165) is 65.6 Å². The summed E-state index contributed by atoms with van der Waals surface area (Å²) in [5.74, 6) is 1.38. The van der Waals surface area contributed by atoms with Crippen LogP contribution in [-0.4, -0.2) is 41.1 Å². The van der Waals surface area contributed by atoms with Crippen LogP contribution in [0.5, 0.6) is 0 Å². The van der Waals surface area contributed by atoms with Crippen LogP contribution in [0.1, 0.15) is 74.3 Å². The van der Waals surface area contributed by atoms with Crippen LogP contribution < -0.4 is 0 Å². The Labute approximate surface area is 230 Å². The van der Waals surface area contributed by atoms with Gasteiger partial charge in [0.05, 0.1) is 17.9 Å². The number of halogens is 3. The lowest BCUT2D eigenvalue weighted by Crippen LogP contribution is -2.41. The highest BCUT2D eigenvalue weighted by Gasteiger charge is 2.37. The number of likely N-dealkylation sites (tertiary alicyclic amines) is 1. The Bertz CT molecular complexity index is 1090. The second-order valence-corrected chi connectivity index (χ2v) is 12.9. The average Bonchev–Trinajstić information content (AvgIpc) is 2.95. The maximum Gasteiger partial charge on any atom is 0.222 e. The van der Waals surface area contributed by atoms with Gasteiger partial charge in [0, 0.05) is 45.6 Å². The molecule has 4 atom stereocenters. The quantitative estimate of drug-likeness (QED) is 0.359. The zero-order chi connectivity index (χ0) is 24.7. The summed E-state index contributed by atoms with van der Waals surface area (Å²) in [5, 5.41) is 0.770. The summed E-state index contributed by atoms with van der Waals surface area (Å²) >= 11 is 13.9. The SMILES string of the molecule is C[C@@H]1CC(CC(=O)N2CCC([C@H]3c4ncc(Br)cc4CCc4cc(Cl)cc(Br)c43)CC2)C[C@H](C)O1. The molecular formula is C28H33Br2ClN2O2. The summed E-state index contributed by atoms with van der Waals surface area (Å²) in [5.41, 5.74) is 5.14. The van der Waals surface area contributed by atoms with Crippen LogP contribution in [0.4, 0.5) is 0 Å². The first-order valence-electron chi connectivity index (χ1n) is 12.8. The molecule has 35 heavy (non-hydrogen) atoms. The minimum absolute atomic E-state index is 0.205. The maximum absolute atomic E-state index is 13.2. The van der Waals surface area contributed by atoms with Gasteiger partial charge in [-0.1, -0.05) is 27.5 Å². The van der Waals surface area contributed by atoms with Crippen molar-refractivity contribution in [2.24, 2.45) is 11.8 Å². The van der Waals surface area contributed by atoms with Crippen molar-refractivity contribution in [1.29, 1.82) is 0 Å². The minimum atomic E-state index is 0.205. The molecule has 7 heteroatoms. The van der Waals surface area contributed by atoms with Gasteiger partial charge >= 0.3 is 0 Å². The fourth-order valence-corrected chi connectivity index (χ4v) is 8.10. The molecule has 0 bridgehead atoms. The first-order chi connectivity index (χ1) is 16.8. The molecule has 1 aliphatic carbocycles. The molecule has 2 saturated heterocycles. The van der Waals surface area contributed by atoms with E-state index in [9.17, 15) is 4.79 Å². The highest BCUT2D eigenvalue weighted by atomic mass is 79.9. The summed E-state index contributed by atoms with van der Waals surface area (Å²) in [6.45, 7) is 5.89. The van der Waals surface area contributed by atoms with E-state index in [1.54, 1.807) is 0 Å². The second kappa shape index (κ2) is 10.8. The molecule has 2 aliphatic heterocycles. The van der Waals surface area contributed by atoms with E-state index in [1.807, 2.05) is 12.3 Å². The summed E-state index contributed by atoms with van der Waals surface area (Å²) in [6, 6.07) is 6.38. The fourth-order valence-electron chi connectivity index (χ4n) is 6.60. The van der Waals surface area contributed by atoms with Crippen molar-refractivity contribution >= 4 is 49.4 Å². The molecule has 5 rings (SSSR count). The molecule has 3 heterocycles. The van der Waals surface area contributed by atoms with Crippen molar-refractivity contribution in [3.8, 4) is 0 Å². The van der Waals surface area contributed by atoms with Gasteiger partial charge in [0.25, 0.3) is 0 Å². The minimum Gasteiger partial charge on any atom is -0.376 e. The predicted molar refractivity (Wildman–Crippen MR) is 147 cm³/mol. The highest BCUT2D eigenvalue weighted by molar-refractivity contribution is 9.10. The molecular weight excluding hydrogens is 592 g/mol. The summed E-state index contributed by atoms with van der Waals surface area (Å²) < 4.78 is 7.97. The smallest absolute Gasteiger partial charge is 0.222 e. The third-order valence-corrected chi connectivity index (χ3v) is 9.35. The molecule has 3 aliphatic rings. The van der Waals surface area contributed by atoms with Crippen LogP contribution in [0.15, 0.2) is 33.3 Å². The number of carbonyl (C=O) groups is 1. The lowest BCUT2D eigenvalue weighted by atomic mass is 9.76. The third kappa shape index (κ3) is 5.66. The fraction of sp³-hybridized carbons (Fsp3) is 0.571. The molecule has 4 nitrogen and oxygen atoms in total. The number of aromatic nitrogens is 1. The molecule has 1 aromatic heterocycles. The van der Waals surface area contributed by atoms with Crippen LogP contribution in [0.2, 0.25) is 5.02 Å². The Morgan fingerprint density at radius 3 is 2.49 bits per heavy atom. The molecule has 1 amide bonds. The molecule has 2 aromatic rings. The Hall–Kier alpha value is -0.950. The predicted octanol–water partition coefficient (Wildman–Crippen LogP) is 7.32. The summed E-state index contributed by atoms with van der Waals surface area (Å²) in [4.78, 5) is 20.2. The van der Waals surface area contributed by atoms with Crippen LogP contribution in [0.3, 0.4) is 0 Å². The normalized spacial score (nSPS) is 27.2. The van der Waals surface area contributed by atoms with Gasteiger partial charge < -0.3 is 9.64 Å². The van der Waals surface area contributed by atoms with Crippen LogP contribution in [0, 0.1) is 11.8 Å². The number of rotatable bonds is 3. The Kier molecular flexibility index (Phi) is 7.93. The Morgan fingerprint density at radius 1 is 1.09 bits per heavy atom. The van der Waals surface area contributed by atoms with Crippen molar-refractivity contribution in [1.82, 2.24) is 9.88 Å². The highest BCUT2D eigenvalue weighted by Crippen LogP contribution is 2.46. The molecule has 188 valence electrons. The number of aryl methyl sites for hydroxylation is 2. The number of fused-ring (bicyclic) bond motifs is 2.